The SMILES string of the molecule is CC(CO)(Nc1ccc(Cl)cc1)c1ccc(F)cc1F. The molecule has 0 aliphatic rings. The first-order chi connectivity index (χ1) is 9.44. The Hall–Kier alpha value is -1.65. The van der Waals surface area contributed by atoms with Gasteiger partial charge in [-0.2, -0.15) is 0 Å². The summed E-state index contributed by atoms with van der Waals surface area (Å²) in [6.45, 7) is 1.29. The average Bonchev–Trinajstić information content (AvgIpc) is 2.41. The fourth-order valence-corrected chi connectivity index (χ4v) is 2.11. The van der Waals surface area contributed by atoms with Crippen LogP contribution >= 0.6 is 11.6 Å². The summed E-state index contributed by atoms with van der Waals surface area (Å²) < 4.78 is 26.9. The van der Waals surface area contributed by atoms with Crippen LogP contribution in [0, 0.1) is 11.6 Å². The molecular weight excluding hydrogens is 284 g/mol. The molecule has 2 nitrogen and oxygen atoms in total. The zero-order valence-electron chi connectivity index (χ0n) is 10.8. The normalized spacial score (nSPS) is 13.8. The fraction of sp³-hybridized carbons (Fsp3) is 0.200. The molecule has 5 heteroatoms. The summed E-state index contributed by atoms with van der Waals surface area (Å²) in [6, 6.07) is 10.1. The molecule has 2 aromatic carbocycles. The van der Waals surface area contributed by atoms with Crippen LogP contribution in [0.2, 0.25) is 5.02 Å². The number of hydrogen-bond donors (Lipinski definition) is 2. The van der Waals surface area contributed by atoms with Crippen LogP contribution in [-0.4, -0.2) is 11.7 Å². The first kappa shape index (κ1) is 14.8. The van der Waals surface area contributed by atoms with E-state index in [9.17, 15) is 13.9 Å². The molecule has 2 N–H and O–H groups in total. The molecule has 1 unspecified atom stereocenters. The van der Waals surface area contributed by atoms with Crippen LogP contribution in [0.5, 0.6) is 0 Å². The molecule has 2 rings (SSSR count). The van der Waals surface area contributed by atoms with Crippen molar-refractivity contribution in [1.29, 1.82) is 0 Å². The smallest absolute Gasteiger partial charge is 0.131 e. The van der Waals surface area contributed by atoms with Crippen molar-refractivity contribution in [2.45, 2.75) is 12.5 Å². The van der Waals surface area contributed by atoms with Crippen molar-refractivity contribution in [3.63, 3.8) is 0 Å². The Balaban J connectivity index is 2.35. The lowest BCUT2D eigenvalue weighted by Crippen LogP contribution is -2.36. The van der Waals surface area contributed by atoms with E-state index in [0.717, 1.165) is 12.1 Å². The molecule has 106 valence electrons. The van der Waals surface area contributed by atoms with Gasteiger partial charge in [-0.1, -0.05) is 17.7 Å². The first-order valence-electron chi connectivity index (χ1n) is 6.05. The Labute approximate surface area is 121 Å². The lowest BCUT2D eigenvalue weighted by molar-refractivity contribution is 0.220. The Bertz CT molecular complexity index is 603. The van der Waals surface area contributed by atoms with Gasteiger partial charge in [-0.05, 0) is 37.3 Å². The molecule has 0 aromatic heterocycles. The van der Waals surface area contributed by atoms with Gasteiger partial charge in [-0.25, -0.2) is 8.78 Å². The van der Waals surface area contributed by atoms with E-state index < -0.39 is 17.2 Å². The minimum absolute atomic E-state index is 0.191. The molecule has 0 aliphatic carbocycles. The van der Waals surface area contributed by atoms with Crippen LogP contribution in [0.4, 0.5) is 14.5 Å². The second-order valence-corrected chi connectivity index (χ2v) is 5.18. The van der Waals surface area contributed by atoms with E-state index in [1.54, 1.807) is 31.2 Å². The Morgan fingerprint density at radius 3 is 2.35 bits per heavy atom. The fourth-order valence-electron chi connectivity index (χ4n) is 1.98. The monoisotopic (exact) mass is 297 g/mol. The van der Waals surface area contributed by atoms with E-state index in [0.29, 0.717) is 10.7 Å². The third kappa shape index (κ3) is 3.08. The molecule has 0 saturated heterocycles. The number of halogens is 3. The van der Waals surface area contributed by atoms with E-state index >= 15 is 0 Å². The van der Waals surface area contributed by atoms with Gasteiger partial charge in [0, 0.05) is 22.3 Å². The molecule has 20 heavy (non-hydrogen) atoms. The minimum Gasteiger partial charge on any atom is -0.394 e. The lowest BCUT2D eigenvalue weighted by atomic mass is 9.92. The summed E-state index contributed by atoms with van der Waals surface area (Å²) in [6.07, 6.45) is 0. The van der Waals surface area contributed by atoms with E-state index in [1.807, 2.05) is 0 Å². The van der Waals surface area contributed by atoms with Gasteiger partial charge in [-0.15, -0.1) is 0 Å². The van der Waals surface area contributed by atoms with Crippen molar-refractivity contribution in [3.8, 4) is 0 Å². The van der Waals surface area contributed by atoms with Crippen LogP contribution in [0.1, 0.15) is 12.5 Å². The maximum atomic E-state index is 13.9. The Kier molecular flexibility index (Phi) is 4.26. The highest BCUT2D eigenvalue weighted by Crippen LogP contribution is 2.28. The van der Waals surface area contributed by atoms with Crippen molar-refractivity contribution in [2.24, 2.45) is 0 Å². The molecule has 0 amide bonds. The van der Waals surface area contributed by atoms with Gasteiger partial charge < -0.3 is 10.4 Å². The van der Waals surface area contributed by atoms with Gasteiger partial charge in [0.2, 0.25) is 0 Å². The number of benzene rings is 2. The largest absolute Gasteiger partial charge is 0.394 e. The highest BCUT2D eigenvalue weighted by molar-refractivity contribution is 6.30. The summed E-state index contributed by atoms with van der Waals surface area (Å²) in [5.41, 5.74) is -0.197. The summed E-state index contributed by atoms with van der Waals surface area (Å²) in [7, 11) is 0. The lowest BCUT2D eigenvalue weighted by Gasteiger charge is -2.31. The zero-order valence-corrected chi connectivity index (χ0v) is 11.6. The van der Waals surface area contributed by atoms with Crippen molar-refractivity contribution in [3.05, 3.63) is 64.7 Å². The van der Waals surface area contributed by atoms with E-state index in [2.05, 4.69) is 5.32 Å². The van der Waals surface area contributed by atoms with E-state index in [1.165, 1.54) is 6.07 Å². The molecule has 0 spiro atoms. The molecule has 2 aromatic rings. The molecular formula is C15H14ClF2NO. The van der Waals surface area contributed by atoms with Crippen molar-refractivity contribution in [1.82, 2.24) is 0 Å². The predicted octanol–water partition coefficient (Wildman–Crippen LogP) is 3.94. The quantitative estimate of drug-likeness (QED) is 0.896. The van der Waals surface area contributed by atoms with Crippen molar-refractivity contribution in [2.75, 3.05) is 11.9 Å². The van der Waals surface area contributed by atoms with Gasteiger partial charge in [0.05, 0.1) is 12.1 Å². The van der Waals surface area contributed by atoms with Crippen molar-refractivity contribution < 1.29 is 13.9 Å². The van der Waals surface area contributed by atoms with Gasteiger partial charge in [0.25, 0.3) is 0 Å². The van der Waals surface area contributed by atoms with Crippen LogP contribution < -0.4 is 5.32 Å². The van der Waals surface area contributed by atoms with Gasteiger partial charge in [-0.3, -0.25) is 0 Å². The number of nitrogens with one attached hydrogen (secondary N) is 1. The first-order valence-corrected chi connectivity index (χ1v) is 6.42. The number of aliphatic hydroxyl groups excluding tert-OH is 1. The van der Waals surface area contributed by atoms with Crippen LogP contribution in [0.3, 0.4) is 0 Å². The molecule has 0 heterocycles. The maximum Gasteiger partial charge on any atom is 0.131 e. The molecule has 0 saturated carbocycles. The maximum absolute atomic E-state index is 13.9. The predicted molar refractivity (Wildman–Crippen MR) is 75.9 cm³/mol. The number of aliphatic hydroxyl groups is 1. The molecule has 1 atom stereocenters. The second-order valence-electron chi connectivity index (χ2n) is 4.75. The third-order valence-electron chi connectivity index (χ3n) is 3.11. The Morgan fingerprint density at radius 1 is 1.15 bits per heavy atom. The Morgan fingerprint density at radius 2 is 1.80 bits per heavy atom. The third-order valence-corrected chi connectivity index (χ3v) is 3.36. The summed E-state index contributed by atoms with van der Waals surface area (Å²) in [5, 5.41) is 13.2. The van der Waals surface area contributed by atoms with Crippen LogP contribution in [0.25, 0.3) is 0 Å². The number of hydrogen-bond acceptors (Lipinski definition) is 2. The molecule has 0 aliphatic heterocycles. The van der Waals surface area contributed by atoms with Crippen molar-refractivity contribution >= 4 is 17.3 Å². The standard InChI is InChI=1S/C15H14ClF2NO/c1-15(9-20,13-7-4-11(17)8-14(13)18)19-12-5-2-10(16)3-6-12/h2-8,19-20H,9H2,1H3. The van der Waals surface area contributed by atoms with Crippen LogP contribution in [0.15, 0.2) is 42.5 Å². The summed E-state index contributed by atoms with van der Waals surface area (Å²) >= 11 is 5.80. The highest BCUT2D eigenvalue weighted by Gasteiger charge is 2.29. The zero-order chi connectivity index (χ0) is 14.8. The molecule has 0 radical (unpaired) electrons. The number of rotatable bonds is 4. The average molecular weight is 298 g/mol. The summed E-state index contributed by atoms with van der Waals surface area (Å²) in [5.74, 6) is -1.36. The minimum atomic E-state index is -1.06. The van der Waals surface area contributed by atoms with Gasteiger partial charge in [0.15, 0.2) is 0 Å². The van der Waals surface area contributed by atoms with Gasteiger partial charge >= 0.3 is 0 Å². The number of anilines is 1. The van der Waals surface area contributed by atoms with Crippen LogP contribution in [-0.2, 0) is 5.54 Å². The second kappa shape index (κ2) is 5.77. The van der Waals surface area contributed by atoms with E-state index in [4.69, 9.17) is 11.6 Å². The topological polar surface area (TPSA) is 32.3 Å². The molecule has 0 bridgehead atoms. The van der Waals surface area contributed by atoms with E-state index in [-0.39, 0.29) is 12.2 Å². The summed E-state index contributed by atoms with van der Waals surface area (Å²) in [4.78, 5) is 0. The molecule has 0 fully saturated rings. The highest BCUT2D eigenvalue weighted by atomic mass is 35.5. The van der Waals surface area contributed by atoms with Gasteiger partial charge in [0.1, 0.15) is 11.6 Å².